The summed E-state index contributed by atoms with van der Waals surface area (Å²) in [6.07, 6.45) is 0. The van der Waals surface area contributed by atoms with Gasteiger partial charge in [0.1, 0.15) is 4.90 Å². The van der Waals surface area contributed by atoms with E-state index in [9.17, 15) is 8.42 Å². The van der Waals surface area contributed by atoms with Crippen molar-refractivity contribution in [3.8, 4) is 0 Å². The number of nitrogens with one attached hydrogen (secondary N) is 1. The lowest BCUT2D eigenvalue weighted by Crippen LogP contribution is -2.13. The van der Waals surface area contributed by atoms with Gasteiger partial charge in [0.2, 0.25) is 0 Å². The lowest BCUT2D eigenvalue weighted by molar-refractivity contribution is 0.601. The summed E-state index contributed by atoms with van der Waals surface area (Å²) in [5.41, 5.74) is 0.344. The minimum Gasteiger partial charge on any atom is -0.278 e. The molecule has 0 atom stereocenters. The van der Waals surface area contributed by atoms with Gasteiger partial charge in [0.15, 0.2) is 0 Å². The summed E-state index contributed by atoms with van der Waals surface area (Å²) >= 11 is 18.4. The van der Waals surface area contributed by atoms with E-state index in [1.807, 2.05) is 0 Å². The van der Waals surface area contributed by atoms with Crippen molar-refractivity contribution in [1.82, 2.24) is 0 Å². The van der Waals surface area contributed by atoms with Gasteiger partial charge in [0, 0.05) is 4.47 Å². The molecule has 0 radical (unpaired) electrons. The van der Waals surface area contributed by atoms with Gasteiger partial charge in [-0.05, 0) is 46.3 Å². The van der Waals surface area contributed by atoms with Crippen molar-refractivity contribution in [2.75, 3.05) is 4.72 Å². The second kappa shape index (κ2) is 6.23. The number of halogens is 4. The van der Waals surface area contributed by atoms with Crippen LogP contribution in [0.2, 0.25) is 10.0 Å². The molecule has 8 heteroatoms. The van der Waals surface area contributed by atoms with E-state index in [0.717, 1.165) is 0 Å². The fraction of sp³-hybridized carbons (Fsp3) is 0. The molecule has 0 amide bonds. The highest BCUT2D eigenvalue weighted by molar-refractivity contribution is 9.11. The van der Waals surface area contributed by atoms with Crippen LogP contribution in [0.3, 0.4) is 0 Å². The van der Waals surface area contributed by atoms with Gasteiger partial charge in [0.05, 0.1) is 20.2 Å². The maximum atomic E-state index is 12.3. The van der Waals surface area contributed by atoms with Gasteiger partial charge >= 0.3 is 0 Å². The summed E-state index contributed by atoms with van der Waals surface area (Å²) < 4.78 is 28.3. The second-order valence-corrected chi connectivity index (χ2v) is 7.96. The molecule has 0 bridgehead atoms. The Morgan fingerprint density at radius 2 is 1.70 bits per heavy atom. The van der Waals surface area contributed by atoms with Gasteiger partial charge in [0.25, 0.3) is 10.0 Å². The van der Waals surface area contributed by atoms with E-state index < -0.39 is 10.0 Å². The maximum Gasteiger partial charge on any atom is 0.263 e. The van der Waals surface area contributed by atoms with Crippen LogP contribution in [0.15, 0.2) is 50.2 Å². The predicted molar refractivity (Wildman–Crippen MR) is 89.1 cm³/mol. The van der Waals surface area contributed by atoms with Crippen LogP contribution in [0.25, 0.3) is 0 Å². The van der Waals surface area contributed by atoms with E-state index >= 15 is 0 Å². The monoisotopic (exact) mass is 457 g/mol. The van der Waals surface area contributed by atoms with Crippen molar-refractivity contribution >= 4 is 70.8 Å². The number of anilines is 1. The van der Waals surface area contributed by atoms with Crippen molar-refractivity contribution in [2.24, 2.45) is 0 Å². The van der Waals surface area contributed by atoms with Gasteiger partial charge in [-0.25, -0.2) is 8.42 Å². The lowest BCUT2D eigenvalue weighted by Gasteiger charge is -2.11. The van der Waals surface area contributed by atoms with Crippen LogP contribution < -0.4 is 4.72 Å². The molecule has 0 aromatic heterocycles. The predicted octanol–water partition coefficient (Wildman–Crippen LogP) is 5.32. The molecule has 20 heavy (non-hydrogen) atoms. The van der Waals surface area contributed by atoms with Crippen molar-refractivity contribution in [1.29, 1.82) is 0 Å². The van der Waals surface area contributed by atoms with Gasteiger partial charge in [-0.1, -0.05) is 45.2 Å². The molecule has 0 spiro atoms. The third-order valence-electron chi connectivity index (χ3n) is 2.38. The zero-order valence-corrected chi connectivity index (χ0v) is 15.2. The van der Waals surface area contributed by atoms with Crippen LogP contribution in [-0.2, 0) is 10.0 Å². The van der Waals surface area contributed by atoms with Crippen LogP contribution in [0.5, 0.6) is 0 Å². The molecule has 0 fully saturated rings. The molecular formula is C12H7Br2Cl2NO2S. The number of benzene rings is 2. The molecule has 2 rings (SSSR count). The van der Waals surface area contributed by atoms with Gasteiger partial charge in [-0.2, -0.15) is 0 Å². The molecule has 0 aliphatic heterocycles. The van der Waals surface area contributed by atoms with Crippen LogP contribution >= 0.6 is 55.1 Å². The minimum atomic E-state index is -3.79. The Morgan fingerprint density at radius 3 is 2.35 bits per heavy atom. The number of hydrogen-bond acceptors (Lipinski definition) is 2. The van der Waals surface area contributed by atoms with E-state index in [0.29, 0.717) is 19.7 Å². The summed E-state index contributed by atoms with van der Waals surface area (Å²) in [4.78, 5) is -0.00533. The molecule has 3 nitrogen and oxygen atoms in total. The van der Waals surface area contributed by atoms with Crippen molar-refractivity contribution in [2.45, 2.75) is 4.90 Å². The molecule has 0 aliphatic rings. The third kappa shape index (κ3) is 3.49. The zero-order valence-electron chi connectivity index (χ0n) is 9.70. The molecule has 1 N–H and O–H groups in total. The van der Waals surface area contributed by atoms with Crippen molar-refractivity contribution in [3.05, 3.63) is 55.4 Å². The zero-order chi connectivity index (χ0) is 14.9. The molecule has 0 unspecified atom stereocenters. The number of rotatable bonds is 3. The standard InChI is InChI=1S/C12H7Br2Cl2NO2S/c13-7-4-5-11(9(16)6-7)20(18,19)17-10-3-1-2-8(15)12(10)14/h1-6,17H. The number of hydrogen-bond donors (Lipinski definition) is 1. The van der Waals surface area contributed by atoms with E-state index in [1.165, 1.54) is 12.1 Å². The van der Waals surface area contributed by atoms with Gasteiger partial charge in [-0.15, -0.1) is 0 Å². The van der Waals surface area contributed by atoms with Crippen LogP contribution in [0, 0.1) is 0 Å². The number of sulfonamides is 1. The summed E-state index contributed by atoms with van der Waals surface area (Å²) in [6, 6.07) is 9.44. The fourth-order valence-corrected chi connectivity index (χ4v) is 4.26. The van der Waals surface area contributed by atoms with Crippen LogP contribution in [-0.4, -0.2) is 8.42 Å². The molecule has 2 aromatic rings. The average Bonchev–Trinajstić information content (AvgIpc) is 2.34. The normalized spacial score (nSPS) is 11.4. The molecular weight excluding hydrogens is 453 g/mol. The Bertz CT molecular complexity index is 766. The molecule has 106 valence electrons. The molecule has 0 saturated heterocycles. The van der Waals surface area contributed by atoms with Crippen LogP contribution in [0.4, 0.5) is 5.69 Å². The Morgan fingerprint density at radius 1 is 1.00 bits per heavy atom. The Labute approximate surface area is 143 Å². The molecule has 0 heterocycles. The quantitative estimate of drug-likeness (QED) is 0.675. The summed E-state index contributed by atoms with van der Waals surface area (Å²) in [6.45, 7) is 0. The fourth-order valence-electron chi connectivity index (χ4n) is 1.48. The highest BCUT2D eigenvalue weighted by Gasteiger charge is 2.19. The first-order chi connectivity index (χ1) is 9.31. The Balaban J connectivity index is 2.44. The Hall–Kier alpha value is -0.270. The SMILES string of the molecule is O=S(=O)(Nc1cccc(Cl)c1Br)c1ccc(Br)cc1Cl. The van der Waals surface area contributed by atoms with E-state index in [-0.39, 0.29) is 9.92 Å². The van der Waals surface area contributed by atoms with Crippen LogP contribution in [0.1, 0.15) is 0 Å². The smallest absolute Gasteiger partial charge is 0.263 e. The van der Waals surface area contributed by atoms with Crippen molar-refractivity contribution < 1.29 is 8.42 Å². The first kappa shape index (κ1) is 16.1. The van der Waals surface area contributed by atoms with Crippen molar-refractivity contribution in [3.63, 3.8) is 0 Å². The highest BCUT2D eigenvalue weighted by Crippen LogP contribution is 2.33. The summed E-state index contributed by atoms with van der Waals surface area (Å²) in [7, 11) is -3.79. The summed E-state index contributed by atoms with van der Waals surface area (Å²) in [5, 5.41) is 0.539. The lowest BCUT2D eigenvalue weighted by atomic mass is 10.3. The maximum absolute atomic E-state index is 12.3. The highest BCUT2D eigenvalue weighted by atomic mass is 79.9. The molecule has 0 saturated carbocycles. The van der Waals surface area contributed by atoms with Gasteiger partial charge in [-0.3, -0.25) is 4.72 Å². The topological polar surface area (TPSA) is 46.2 Å². The molecule has 0 aliphatic carbocycles. The second-order valence-electron chi connectivity index (χ2n) is 3.78. The first-order valence-electron chi connectivity index (χ1n) is 5.23. The van der Waals surface area contributed by atoms with E-state index in [1.54, 1.807) is 24.3 Å². The minimum absolute atomic E-state index is 0.00533. The average molecular weight is 460 g/mol. The van der Waals surface area contributed by atoms with E-state index in [2.05, 4.69) is 36.6 Å². The third-order valence-corrected chi connectivity index (χ3v) is 6.12. The summed E-state index contributed by atoms with van der Waals surface area (Å²) in [5.74, 6) is 0. The molecule has 2 aromatic carbocycles. The largest absolute Gasteiger partial charge is 0.278 e. The van der Waals surface area contributed by atoms with Gasteiger partial charge < -0.3 is 0 Å². The Kier molecular flexibility index (Phi) is 5.02. The first-order valence-corrected chi connectivity index (χ1v) is 9.05. The van der Waals surface area contributed by atoms with E-state index in [4.69, 9.17) is 23.2 Å².